The number of fused-ring (bicyclic) bond motifs is 2. The predicted molar refractivity (Wildman–Crippen MR) is 109 cm³/mol. The van der Waals surface area contributed by atoms with Crippen LogP contribution in [-0.4, -0.2) is 20.0 Å². The Bertz CT molecular complexity index is 1280. The topological polar surface area (TPSA) is 65.5 Å². The Balaban J connectivity index is 1.86. The first kappa shape index (κ1) is 18.3. The summed E-state index contributed by atoms with van der Waals surface area (Å²) in [6, 6.07) is 19.4. The molecule has 142 valence electrons. The number of hydrogen-bond donors (Lipinski definition) is 0. The van der Waals surface area contributed by atoms with Gasteiger partial charge in [0.1, 0.15) is 10.6 Å². The lowest BCUT2D eigenvalue weighted by Crippen LogP contribution is -2.11. The molecule has 1 aromatic heterocycles. The van der Waals surface area contributed by atoms with Crippen molar-refractivity contribution in [3.8, 4) is 11.5 Å². The van der Waals surface area contributed by atoms with E-state index in [-0.39, 0.29) is 10.6 Å². The molecule has 0 N–H and O–H groups in total. The molecular formula is C22H19NO4S. The van der Waals surface area contributed by atoms with Crippen LogP contribution in [0.1, 0.15) is 12.6 Å². The Morgan fingerprint density at radius 2 is 1.54 bits per heavy atom. The molecule has 4 rings (SSSR count). The highest BCUT2D eigenvalue weighted by atomic mass is 32.2. The minimum absolute atomic E-state index is 0.102. The van der Waals surface area contributed by atoms with Crippen LogP contribution in [0.2, 0.25) is 0 Å². The molecule has 0 aliphatic rings. The van der Waals surface area contributed by atoms with Gasteiger partial charge >= 0.3 is 10.1 Å². The van der Waals surface area contributed by atoms with Gasteiger partial charge in [-0.25, -0.2) is 0 Å². The molecule has 0 bridgehead atoms. The summed E-state index contributed by atoms with van der Waals surface area (Å²) in [7, 11) is -4.06. The lowest BCUT2D eigenvalue weighted by atomic mass is 10.1. The Morgan fingerprint density at radius 3 is 2.29 bits per heavy atom. The van der Waals surface area contributed by atoms with Crippen molar-refractivity contribution in [3.05, 3.63) is 72.4 Å². The lowest BCUT2D eigenvalue weighted by molar-refractivity contribution is 0.344. The molecule has 0 fully saturated rings. The third kappa shape index (κ3) is 3.27. The van der Waals surface area contributed by atoms with E-state index in [1.54, 1.807) is 37.3 Å². The van der Waals surface area contributed by atoms with E-state index in [0.29, 0.717) is 34.3 Å². The maximum atomic E-state index is 13.2. The maximum Gasteiger partial charge on any atom is 0.339 e. The zero-order chi connectivity index (χ0) is 19.7. The van der Waals surface area contributed by atoms with Crippen molar-refractivity contribution < 1.29 is 17.3 Å². The number of benzene rings is 3. The molecule has 4 aromatic rings. The predicted octanol–water partition coefficient (Wildman–Crippen LogP) is 4.86. The van der Waals surface area contributed by atoms with Gasteiger partial charge in [0.05, 0.1) is 12.1 Å². The molecule has 0 aliphatic heterocycles. The molecule has 3 aromatic carbocycles. The van der Waals surface area contributed by atoms with E-state index in [0.717, 1.165) is 5.39 Å². The van der Waals surface area contributed by atoms with Gasteiger partial charge in [0.25, 0.3) is 0 Å². The van der Waals surface area contributed by atoms with E-state index in [9.17, 15) is 8.42 Å². The second-order valence-electron chi connectivity index (χ2n) is 6.36. The fourth-order valence-corrected chi connectivity index (χ4v) is 4.39. The Labute approximate surface area is 163 Å². The number of aromatic nitrogens is 1. The van der Waals surface area contributed by atoms with Crippen LogP contribution in [0.3, 0.4) is 0 Å². The molecule has 28 heavy (non-hydrogen) atoms. The van der Waals surface area contributed by atoms with E-state index >= 15 is 0 Å². The van der Waals surface area contributed by atoms with Gasteiger partial charge < -0.3 is 8.92 Å². The van der Waals surface area contributed by atoms with Crippen molar-refractivity contribution in [3.63, 3.8) is 0 Å². The zero-order valence-corrected chi connectivity index (χ0v) is 16.4. The van der Waals surface area contributed by atoms with Crippen LogP contribution >= 0.6 is 0 Å². The average Bonchev–Trinajstić information content (AvgIpc) is 2.68. The van der Waals surface area contributed by atoms with Crippen molar-refractivity contribution in [1.82, 2.24) is 4.98 Å². The van der Waals surface area contributed by atoms with Gasteiger partial charge in [-0.15, -0.1) is 0 Å². The van der Waals surface area contributed by atoms with Gasteiger partial charge in [0, 0.05) is 27.9 Å². The molecule has 0 spiro atoms. The summed E-state index contributed by atoms with van der Waals surface area (Å²) in [5, 5.41) is 1.93. The summed E-state index contributed by atoms with van der Waals surface area (Å²) in [5.41, 5.74) is 1.37. The van der Waals surface area contributed by atoms with Crippen LogP contribution < -0.4 is 8.92 Å². The van der Waals surface area contributed by atoms with E-state index in [4.69, 9.17) is 8.92 Å². The second-order valence-corrected chi connectivity index (χ2v) is 7.87. The van der Waals surface area contributed by atoms with E-state index in [1.165, 1.54) is 6.07 Å². The van der Waals surface area contributed by atoms with Crippen molar-refractivity contribution >= 4 is 31.8 Å². The smallest absolute Gasteiger partial charge is 0.339 e. The summed E-state index contributed by atoms with van der Waals surface area (Å²) in [4.78, 5) is 4.53. The summed E-state index contributed by atoms with van der Waals surface area (Å²) >= 11 is 0. The van der Waals surface area contributed by atoms with E-state index in [2.05, 4.69) is 4.98 Å². The summed E-state index contributed by atoms with van der Waals surface area (Å²) in [6.45, 7) is 4.19. The molecule has 1 heterocycles. The second kappa shape index (κ2) is 7.13. The number of ether oxygens (including phenoxy) is 1. The number of para-hydroxylation sites is 1. The largest absolute Gasteiger partial charge is 0.493 e. The van der Waals surface area contributed by atoms with Crippen molar-refractivity contribution in [2.75, 3.05) is 6.61 Å². The molecule has 0 atom stereocenters. The number of rotatable bonds is 5. The molecule has 0 saturated heterocycles. The number of aryl methyl sites for hydroxylation is 1. The van der Waals surface area contributed by atoms with Crippen LogP contribution in [0, 0.1) is 6.92 Å². The van der Waals surface area contributed by atoms with Crippen LogP contribution in [0.4, 0.5) is 0 Å². The van der Waals surface area contributed by atoms with Gasteiger partial charge in [0.2, 0.25) is 0 Å². The third-order valence-electron chi connectivity index (χ3n) is 4.42. The monoisotopic (exact) mass is 393 g/mol. The van der Waals surface area contributed by atoms with Crippen LogP contribution in [-0.2, 0) is 10.1 Å². The molecule has 0 unspecified atom stereocenters. The Morgan fingerprint density at radius 1 is 0.857 bits per heavy atom. The zero-order valence-electron chi connectivity index (χ0n) is 15.5. The minimum atomic E-state index is -4.06. The van der Waals surface area contributed by atoms with Gasteiger partial charge in [-0.1, -0.05) is 36.4 Å². The molecule has 0 saturated carbocycles. The third-order valence-corrected chi connectivity index (χ3v) is 5.71. The quantitative estimate of drug-likeness (QED) is 0.453. The highest BCUT2D eigenvalue weighted by Gasteiger charge is 2.22. The molecular weight excluding hydrogens is 374 g/mol. The fourth-order valence-electron chi connectivity index (χ4n) is 3.24. The van der Waals surface area contributed by atoms with Gasteiger partial charge in [-0.05, 0) is 38.1 Å². The van der Waals surface area contributed by atoms with Gasteiger partial charge in [0.15, 0.2) is 5.75 Å². The van der Waals surface area contributed by atoms with Gasteiger partial charge in [-0.3, -0.25) is 4.98 Å². The fraction of sp³-hybridized carbons (Fsp3) is 0.136. The minimum Gasteiger partial charge on any atom is -0.493 e. The Hall–Kier alpha value is -3.12. The van der Waals surface area contributed by atoms with Crippen LogP contribution in [0.15, 0.2) is 71.6 Å². The number of nitrogens with zero attached hydrogens (tertiary/aromatic N) is 1. The lowest BCUT2D eigenvalue weighted by Gasteiger charge is -2.14. The maximum absolute atomic E-state index is 13.2. The normalized spacial score (nSPS) is 11.6. The molecule has 6 heteroatoms. The highest BCUT2D eigenvalue weighted by Crippen LogP contribution is 2.34. The first-order valence-corrected chi connectivity index (χ1v) is 10.4. The van der Waals surface area contributed by atoms with Crippen LogP contribution in [0.25, 0.3) is 21.7 Å². The highest BCUT2D eigenvalue weighted by molar-refractivity contribution is 7.87. The van der Waals surface area contributed by atoms with Crippen molar-refractivity contribution in [2.24, 2.45) is 0 Å². The van der Waals surface area contributed by atoms with Crippen molar-refractivity contribution in [1.29, 1.82) is 0 Å². The number of pyridine rings is 1. The molecule has 0 radical (unpaired) electrons. The van der Waals surface area contributed by atoms with Crippen LogP contribution in [0.5, 0.6) is 11.5 Å². The van der Waals surface area contributed by atoms with E-state index < -0.39 is 10.1 Å². The average molecular weight is 393 g/mol. The Kier molecular flexibility index (Phi) is 4.65. The number of hydrogen-bond acceptors (Lipinski definition) is 5. The SMILES string of the molecule is CCOc1ccc(S(=O)(=O)Oc2cc(C)nc3ccccc23)c2ccccc12. The standard InChI is InChI=1S/C22H19NO4S/c1-3-26-20-12-13-22(17-9-5-4-8-16(17)20)28(24,25)27-21-14-15(2)23-19-11-7-6-10-18(19)21/h4-14H,3H2,1-2H3. The van der Waals surface area contributed by atoms with E-state index in [1.807, 2.05) is 37.3 Å². The molecule has 5 nitrogen and oxygen atoms in total. The first-order chi connectivity index (χ1) is 13.5. The summed E-state index contributed by atoms with van der Waals surface area (Å²) < 4.78 is 37.5. The summed E-state index contributed by atoms with van der Waals surface area (Å²) in [6.07, 6.45) is 0. The van der Waals surface area contributed by atoms with Crippen molar-refractivity contribution in [2.45, 2.75) is 18.7 Å². The first-order valence-electron chi connectivity index (χ1n) is 8.95. The molecule has 0 amide bonds. The summed E-state index contributed by atoms with van der Waals surface area (Å²) in [5.74, 6) is 0.906. The molecule has 0 aliphatic carbocycles. The van der Waals surface area contributed by atoms with Gasteiger partial charge in [-0.2, -0.15) is 8.42 Å².